The summed E-state index contributed by atoms with van der Waals surface area (Å²) in [5.41, 5.74) is 0.336. The molecule has 0 bridgehead atoms. The summed E-state index contributed by atoms with van der Waals surface area (Å²) in [4.78, 5) is 15.0. The SMILES string of the molecule is O=Cc1ccc(Sc2ccccn2)c(F)c1. The van der Waals surface area contributed by atoms with Gasteiger partial charge in [-0.15, -0.1) is 0 Å². The molecule has 0 aliphatic heterocycles. The lowest BCUT2D eigenvalue weighted by Crippen LogP contribution is -1.86. The molecule has 1 aromatic carbocycles. The second-order valence-corrected chi connectivity index (χ2v) is 4.14. The van der Waals surface area contributed by atoms with Gasteiger partial charge in [-0.25, -0.2) is 9.37 Å². The highest BCUT2D eigenvalue weighted by Gasteiger charge is 2.05. The fourth-order valence-corrected chi connectivity index (χ4v) is 1.97. The summed E-state index contributed by atoms with van der Waals surface area (Å²) in [6.45, 7) is 0. The maximum Gasteiger partial charge on any atom is 0.150 e. The number of carbonyl (C=O) groups is 1. The van der Waals surface area contributed by atoms with Gasteiger partial charge in [0.05, 0.1) is 0 Å². The van der Waals surface area contributed by atoms with E-state index < -0.39 is 5.82 Å². The first-order valence-electron chi connectivity index (χ1n) is 4.63. The Morgan fingerprint density at radius 1 is 1.25 bits per heavy atom. The molecule has 0 unspecified atom stereocenters. The lowest BCUT2D eigenvalue weighted by molar-refractivity contribution is 0.112. The summed E-state index contributed by atoms with van der Waals surface area (Å²) < 4.78 is 13.5. The molecule has 2 aromatic rings. The monoisotopic (exact) mass is 233 g/mol. The van der Waals surface area contributed by atoms with Crippen LogP contribution in [0.2, 0.25) is 0 Å². The van der Waals surface area contributed by atoms with Crippen molar-refractivity contribution in [2.45, 2.75) is 9.92 Å². The lowest BCUT2D eigenvalue weighted by Gasteiger charge is -2.02. The number of aldehydes is 1. The van der Waals surface area contributed by atoms with Gasteiger partial charge in [0.2, 0.25) is 0 Å². The van der Waals surface area contributed by atoms with E-state index in [1.165, 1.54) is 17.8 Å². The number of hydrogen-bond acceptors (Lipinski definition) is 3. The van der Waals surface area contributed by atoms with Crippen LogP contribution in [0.25, 0.3) is 0 Å². The van der Waals surface area contributed by atoms with E-state index in [9.17, 15) is 9.18 Å². The molecule has 4 heteroatoms. The quantitative estimate of drug-likeness (QED) is 0.763. The second-order valence-electron chi connectivity index (χ2n) is 3.08. The van der Waals surface area contributed by atoms with Gasteiger partial charge in [0.25, 0.3) is 0 Å². The van der Waals surface area contributed by atoms with Crippen LogP contribution in [-0.4, -0.2) is 11.3 Å². The van der Waals surface area contributed by atoms with Crippen molar-refractivity contribution < 1.29 is 9.18 Å². The van der Waals surface area contributed by atoms with Gasteiger partial charge in [-0.1, -0.05) is 23.9 Å². The smallest absolute Gasteiger partial charge is 0.150 e. The van der Waals surface area contributed by atoms with Crippen LogP contribution in [0.4, 0.5) is 4.39 Å². The molecule has 0 atom stereocenters. The molecule has 0 saturated carbocycles. The molecule has 0 spiro atoms. The molecule has 2 nitrogen and oxygen atoms in total. The molecule has 0 radical (unpaired) electrons. The Morgan fingerprint density at radius 3 is 2.75 bits per heavy atom. The molecule has 0 fully saturated rings. The van der Waals surface area contributed by atoms with Gasteiger partial charge in [0.15, 0.2) is 0 Å². The minimum absolute atomic E-state index is 0.336. The fourth-order valence-electron chi connectivity index (χ4n) is 1.19. The number of aromatic nitrogens is 1. The first-order valence-corrected chi connectivity index (χ1v) is 5.45. The number of nitrogens with zero attached hydrogens (tertiary/aromatic N) is 1. The molecule has 0 amide bonds. The van der Waals surface area contributed by atoms with Crippen molar-refractivity contribution in [3.8, 4) is 0 Å². The van der Waals surface area contributed by atoms with Crippen molar-refractivity contribution in [3.05, 3.63) is 54.0 Å². The average Bonchev–Trinajstić information content (AvgIpc) is 2.33. The molecular weight excluding hydrogens is 225 g/mol. The number of rotatable bonds is 3. The minimum Gasteiger partial charge on any atom is -0.298 e. The highest BCUT2D eigenvalue weighted by Crippen LogP contribution is 2.28. The van der Waals surface area contributed by atoms with E-state index in [2.05, 4.69) is 4.98 Å². The third kappa shape index (κ3) is 2.46. The topological polar surface area (TPSA) is 30.0 Å². The molecular formula is C12H8FNOS. The highest BCUT2D eigenvalue weighted by atomic mass is 32.2. The van der Waals surface area contributed by atoms with E-state index >= 15 is 0 Å². The zero-order valence-corrected chi connectivity index (χ0v) is 9.08. The zero-order chi connectivity index (χ0) is 11.4. The predicted molar refractivity (Wildman–Crippen MR) is 60.1 cm³/mol. The van der Waals surface area contributed by atoms with Crippen LogP contribution in [-0.2, 0) is 0 Å². The third-order valence-electron chi connectivity index (χ3n) is 1.94. The molecule has 80 valence electrons. The van der Waals surface area contributed by atoms with Crippen molar-refractivity contribution >= 4 is 18.0 Å². The first kappa shape index (κ1) is 10.8. The second kappa shape index (κ2) is 4.90. The van der Waals surface area contributed by atoms with Gasteiger partial charge in [0.1, 0.15) is 17.1 Å². The Labute approximate surface area is 96.5 Å². The Bertz CT molecular complexity index is 502. The fraction of sp³-hybridized carbons (Fsp3) is 0. The van der Waals surface area contributed by atoms with E-state index in [0.29, 0.717) is 16.7 Å². The predicted octanol–water partition coefficient (Wildman–Crippen LogP) is 3.18. The Hall–Kier alpha value is -1.68. The van der Waals surface area contributed by atoms with E-state index in [0.717, 1.165) is 5.03 Å². The summed E-state index contributed by atoms with van der Waals surface area (Å²) in [5, 5.41) is 0.722. The maximum atomic E-state index is 13.5. The first-order chi connectivity index (χ1) is 7.79. The number of carbonyl (C=O) groups excluding carboxylic acids is 1. The standard InChI is InChI=1S/C12H8FNOS/c13-10-7-9(8-15)4-5-11(10)16-12-3-1-2-6-14-12/h1-8H. The van der Waals surface area contributed by atoms with Crippen LogP contribution in [0.15, 0.2) is 52.5 Å². The van der Waals surface area contributed by atoms with Crippen LogP contribution < -0.4 is 0 Å². The Morgan fingerprint density at radius 2 is 2.12 bits per heavy atom. The van der Waals surface area contributed by atoms with Crippen molar-refractivity contribution in [1.29, 1.82) is 0 Å². The summed E-state index contributed by atoms with van der Waals surface area (Å²) >= 11 is 1.23. The Balaban J connectivity index is 2.25. The Kier molecular flexibility index (Phi) is 3.31. The summed E-state index contributed by atoms with van der Waals surface area (Å²) in [6.07, 6.45) is 2.28. The van der Waals surface area contributed by atoms with Crippen molar-refractivity contribution in [1.82, 2.24) is 4.98 Å². The van der Waals surface area contributed by atoms with Gasteiger partial charge >= 0.3 is 0 Å². The van der Waals surface area contributed by atoms with E-state index in [1.807, 2.05) is 6.07 Å². The average molecular weight is 233 g/mol. The van der Waals surface area contributed by atoms with Gasteiger partial charge < -0.3 is 0 Å². The molecule has 2 rings (SSSR count). The minimum atomic E-state index is -0.403. The number of benzene rings is 1. The molecule has 1 aromatic heterocycles. The van der Waals surface area contributed by atoms with E-state index in [4.69, 9.17) is 0 Å². The maximum absolute atomic E-state index is 13.5. The summed E-state index contributed by atoms with van der Waals surface area (Å²) in [6, 6.07) is 9.83. The van der Waals surface area contributed by atoms with Gasteiger partial charge in [0, 0.05) is 16.7 Å². The molecule has 0 N–H and O–H groups in total. The molecule has 0 aliphatic rings. The normalized spacial score (nSPS) is 10.1. The van der Waals surface area contributed by atoms with E-state index in [1.54, 1.807) is 30.5 Å². The zero-order valence-electron chi connectivity index (χ0n) is 8.26. The van der Waals surface area contributed by atoms with Crippen LogP contribution >= 0.6 is 11.8 Å². The van der Waals surface area contributed by atoms with Gasteiger partial charge in [-0.3, -0.25) is 4.79 Å². The van der Waals surface area contributed by atoms with Crippen molar-refractivity contribution in [3.63, 3.8) is 0 Å². The molecule has 0 saturated heterocycles. The van der Waals surface area contributed by atoms with Gasteiger partial charge in [-0.05, 0) is 24.3 Å². The number of hydrogen-bond donors (Lipinski definition) is 0. The van der Waals surface area contributed by atoms with Gasteiger partial charge in [-0.2, -0.15) is 0 Å². The van der Waals surface area contributed by atoms with Crippen molar-refractivity contribution in [2.75, 3.05) is 0 Å². The lowest BCUT2D eigenvalue weighted by atomic mass is 10.2. The summed E-state index contributed by atoms with van der Waals surface area (Å²) in [7, 11) is 0. The van der Waals surface area contributed by atoms with E-state index in [-0.39, 0.29) is 0 Å². The third-order valence-corrected chi connectivity index (χ3v) is 2.95. The largest absolute Gasteiger partial charge is 0.298 e. The van der Waals surface area contributed by atoms with Crippen LogP contribution in [0.1, 0.15) is 10.4 Å². The van der Waals surface area contributed by atoms with Crippen LogP contribution in [0.3, 0.4) is 0 Å². The van der Waals surface area contributed by atoms with Crippen LogP contribution in [0, 0.1) is 5.82 Å². The summed E-state index contributed by atoms with van der Waals surface area (Å²) in [5.74, 6) is -0.403. The van der Waals surface area contributed by atoms with Crippen molar-refractivity contribution in [2.24, 2.45) is 0 Å². The molecule has 0 aliphatic carbocycles. The number of pyridine rings is 1. The van der Waals surface area contributed by atoms with Crippen LogP contribution in [0.5, 0.6) is 0 Å². The molecule has 16 heavy (non-hydrogen) atoms. The number of halogens is 1. The highest BCUT2D eigenvalue weighted by molar-refractivity contribution is 7.99. The molecule has 1 heterocycles.